The molecular formula is C26H31N5O2. The molecule has 0 aliphatic carbocycles. The first kappa shape index (κ1) is 22.8. The van der Waals surface area contributed by atoms with Crippen molar-refractivity contribution in [1.29, 1.82) is 5.26 Å². The first-order valence-corrected chi connectivity index (χ1v) is 11.3. The van der Waals surface area contributed by atoms with Crippen LogP contribution in [0.25, 0.3) is 10.9 Å². The third-order valence-electron chi connectivity index (χ3n) is 6.61. The second-order valence-corrected chi connectivity index (χ2v) is 9.14. The van der Waals surface area contributed by atoms with Gasteiger partial charge in [-0.3, -0.25) is 0 Å². The molecule has 0 bridgehead atoms. The number of aromatic nitrogens is 2. The predicted molar refractivity (Wildman–Crippen MR) is 131 cm³/mol. The number of nitriles is 1. The van der Waals surface area contributed by atoms with E-state index in [2.05, 4.69) is 34.3 Å². The van der Waals surface area contributed by atoms with Crippen LogP contribution in [0, 0.1) is 25.2 Å². The molecule has 2 N–H and O–H groups in total. The van der Waals surface area contributed by atoms with Gasteiger partial charge >= 0.3 is 0 Å². The summed E-state index contributed by atoms with van der Waals surface area (Å²) in [7, 11) is 1.67. The van der Waals surface area contributed by atoms with Crippen molar-refractivity contribution in [2.24, 2.45) is 0 Å². The molecule has 0 spiro atoms. The van der Waals surface area contributed by atoms with Crippen molar-refractivity contribution < 1.29 is 9.84 Å². The molecule has 1 atom stereocenters. The smallest absolute Gasteiger partial charge is 0.144 e. The molecule has 172 valence electrons. The van der Waals surface area contributed by atoms with Gasteiger partial charge in [0.2, 0.25) is 0 Å². The van der Waals surface area contributed by atoms with Gasteiger partial charge in [-0.15, -0.1) is 0 Å². The Bertz CT molecular complexity index is 1220. The maximum Gasteiger partial charge on any atom is 0.144 e. The number of benzene rings is 2. The molecule has 33 heavy (non-hydrogen) atoms. The van der Waals surface area contributed by atoms with Crippen molar-refractivity contribution in [3.8, 4) is 11.8 Å². The van der Waals surface area contributed by atoms with Crippen LogP contribution in [-0.4, -0.2) is 40.9 Å². The minimum atomic E-state index is -0.626. The molecule has 0 amide bonds. The van der Waals surface area contributed by atoms with Crippen molar-refractivity contribution >= 4 is 22.4 Å². The number of hydrogen-bond donors (Lipinski definition) is 2. The molecular weight excluding hydrogens is 414 g/mol. The number of methoxy groups -OCH3 is 1. The highest BCUT2D eigenvalue weighted by Crippen LogP contribution is 2.38. The van der Waals surface area contributed by atoms with E-state index in [0.29, 0.717) is 24.2 Å². The third kappa shape index (κ3) is 4.57. The number of ether oxygens (including phenoxy) is 1. The molecule has 1 aromatic heterocycles. The Hall–Kier alpha value is -3.37. The summed E-state index contributed by atoms with van der Waals surface area (Å²) < 4.78 is 5.71. The third-order valence-corrected chi connectivity index (χ3v) is 6.61. The van der Waals surface area contributed by atoms with Gasteiger partial charge in [-0.1, -0.05) is 12.1 Å². The van der Waals surface area contributed by atoms with E-state index in [4.69, 9.17) is 9.72 Å². The lowest BCUT2D eigenvalue weighted by molar-refractivity contribution is 0.0350. The second-order valence-electron chi connectivity index (χ2n) is 9.14. The summed E-state index contributed by atoms with van der Waals surface area (Å²) in [6.45, 7) is 9.32. The number of nitrogens with one attached hydrogen (secondary N) is 1. The number of aryl methyl sites for hydroxylation is 1. The topological polar surface area (TPSA) is 94.3 Å². The number of anilines is 2. The van der Waals surface area contributed by atoms with E-state index in [1.54, 1.807) is 7.11 Å². The first-order valence-electron chi connectivity index (χ1n) is 11.3. The number of rotatable bonds is 5. The highest BCUT2D eigenvalue weighted by atomic mass is 16.5. The van der Waals surface area contributed by atoms with E-state index in [1.807, 2.05) is 45.0 Å². The summed E-state index contributed by atoms with van der Waals surface area (Å²) in [5, 5.41) is 24.2. The SMILES string of the molecule is COc1cc2nc(C)nc(NC(C)c3cccc(C#N)c3C)c2cc1N1CCC(C)(O)CC1. The molecule has 7 nitrogen and oxygen atoms in total. The molecule has 4 rings (SSSR count). The van der Waals surface area contributed by atoms with Crippen molar-refractivity contribution in [3.63, 3.8) is 0 Å². The van der Waals surface area contributed by atoms with E-state index in [0.717, 1.165) is 52.4 Å². The molecule has 2 heterocycles. The van der Waals surface area contributed by atoms with Gasteiger partial charge in [0.1, 0.15) is 17.4 Å². The van der Waals surface area contributed by atoms with Crippen LogP contribution in [0.2, 0.25) is 0 Å². The molecule has 1 aliphatic heterocycles. The predicted octanol–water partition coefficient (Wildman–Crippen LogP) is 4.65. The Morgan fingerprint density at radius 1 is 1.21 bits per heavy atom. The number of aliphatic hydroxyl groups is 1. The molecule has 0 saturated carbocycles. The molecule has 1 unspecified atom stereocenters. The largest absolute Gasteiger partial charge is 0.495 e. The Kier molecular flexibility index (Phi) is 6.13. The number of fused-ring (bicyclic) bond motifs is 1. The first-order chi connectivity index (χ1) is 15.7. The molecule has 1 saturated heterocycles. The fraction of sp³-hybridized carbons (Fsp3) is 0.423. The lowest BCUT2D eigenvalue weighted by Gasteiger charge is -2.37. The monoisotopic (exact) mass is 445 g/mol. The Morgan fingerprint density at radius 2 is 1.94 bits per heavy atom. The minimum absolute atomic E-state index is 0.0496. The number of nitrogens with zero attached hydrogens (tertiary/aromatic N) is 4. The van der Waals surface area contributed by atoms with Gasteiger partial charge in [-0.25, -0.2) is 9.97 Å². The van der Waals surface area contributed by atoms with Crippen LogP contribution in [-0.2, 0) is 0 Å². The quantitative estimate of drug-likeness (QED) is 0.590. The van der Waals surface area contributed by atoms with Crippen molar-refractivity contribution in [2.45, 2.75) is 52.2 Å². The van der Waals surface area contributed by atoms with E-state index < -0.39 is 5.60 Å². The summed E-state index contributed by atoms with van der Waals surface area (Å²) in [5.74, 6) is 2.18. The molecule has 2 aromatic carbocycles. The zero-order valence-electron chi connectivity index (χ0n) is 19.9. The standard InChI is InChI=1S/C26H31N5O2/c1-16-19(15-27)7-6-8-20(16)17(2)28-25-21-13-23(31-11-9-26(4,32)10-12-31)24(33-5)14-22(21)29-18(3)30-25/h6-8,13-14,17,32H,9-12H2,1-5H3,(H,28,29,30). The maximum absolute atomic E-state index is 10.4. The summed E-state index contributed by atoms with van der Waals surface area (Å²) in [5.41, 5.74) is 3.87. The van der Waals surface area contributed by atoms with Gasteiger partial charge in [-0.2, -0.15) is 5.26 Å². The van der Waals surface area contributed by atoms with Crippen LogP contribution in [0.4, 0.5) is 11.5 Å². The van der Waals surface area contributed by atoms with Gasteiger partial charge in [0.25, 0.3) is 0 Å². The van der Waals surface area contributed by atoms with Crippen LogP contribution in [0.1, 0.15) is 55.2 Å². The van der Waals surface area contributed by atoms with Gasteiger partial charge in [0.05, 0.1) is 41.6 Å². The summed E-state index contributed by atoms with van der Waals surface area (Å²) in [4.78, 5) is 11.6. The number of hydrogen-bond acceptors (Lipinski definition) is 7. The van der Waals surface area contributed by atoms with E-state index in [-0.39, 0.29) is 6.04 Å². The highest BCUT2D eigenvalue weighted by molar-refractivity contribution is 5.94. The second kappa shape index (κ2) is 8.87. The van der Waals surface area contributed by atoms with Gasteiger partial charge in [-0.05, 0) is 63.8 Å². The Labute approximate surface area is 195 Å². The van der Waals surface area contributed by atoms with Crippen molar-refractivity contribution in [1.82, 2.24) is 9.97 Å². The van der Waals surface area contributed by atoms with Crippen LogP contribution in [0.3, 0.4) is 0 Å². The zero-order valence-corrected chi connectivity index (χ0v) is 19.9. The average Bonchev–Trinajstić information content (AvgIpc) is 2.78. The van der Waals surface area contributed by atoms with Gasteiger partial charge in [0.15, 0.2) is 0 Å². The van der Waals surface area contributed by atoms with Crippen LogP contribution < -0.4 is 15.0 Å². The lowest BCUT2D eigenvalue weighted by atomic mass is 9.93. The zero-order chi connectivity index (χ0) is 23.8. The normalized spacial score (nSPS) is 16.3. The highest BCUT2D eigenvalue weighted by Gasteiger charge is 2.29. The van der Waals surface area contributed by atoms with Crippen LogP contribution in [0.5, 0.6) is 5.75 Å². The average molecular weight is 446 g/mol. The molecule has 3 aromatic rings. The molecule has 0 radical (unpaired) electrons. The number of piperidine rings is 1. The van der Waals surface area contributed by atoms with E-state index >= 15 is 0 Å². The fourth-order valence-electron chi connectivity index (χ4n) is 4.54. The fourth-order valence-corrected chi connectivity index (χ4v) is 4.54. The summed E-state index contributed by atoms with van der Waals surface area (Å²) >= 11 is 0. The maximum atomic E-state index is 10.4. The van der Waals surface area contributed by atoms with Crippen molar-refractivity contribution in [3.05, 3.63) is 52.8 Å². The molecule has 7 heteroatoms. The Balaban J connectivity index is 1.75. The van der Waals surface area contributed by atoms with Gasteiger partial charge < -0.3 is 20.1 Å². The van der Waals surface area contributed by atoms with Crippen molar-refractivity contribution in [2.75, 3.05) is 30.4 Å². The summed E-state index contributed by atoms with van der Waals surface area (Å²) in [6.07, 6.45) is 1.41. The van der Waals surface area contributed by atoms with E-state index in [9.17, 15) is 10.4 Å². The molecule has 1 fully saturated rings. The van der Waals surface area contributed by atoms with Crippen LogP contribution >= 0.6 is 0 Å². The summed E-state index contributed by atoms with van der Waals surface area (Å²) in [6, 6.07) is 12.1. The Morgan fingerprint density at radius 3 is 2.61 bits per heavy atom. The van der Waals surface area contributed by atoms with Crippen LogP contribution in [0.15, 0.2) is 30.3 Å². The molecule has 1 aliphatic rings. The van der Waals surface area contributed by atoms with Gasteiger partial charge in [0, 0.05) is 24.5 Å². The van der Waals surface area contributed by atoms with E-state index in [1.165, 1.54) is 0 Å². The lowest BCUT2D eigenvalue weighted by Crippen LogP contribution is -2.42. The minimum Gasteiger partial charge on any atom is -0.495 e.